The average molecular weight is 521 g/mol. The first-order chi connectivity index (χ1) is 16.4. The van der Waals surface area contributed by atoms with Gasteiger partial charge >= 0.3 is 11.9 Å². The van der Waals surface area contributed by atoms with Crippen LogP contribution in [0, 0.1) is 0 Å². The fourth-order valence-corrected chi connectivity index (χ4v) is 3.06. The predicted octanol–water partition coefficient (Wildman–Crippen LogP) is -3.56. The lowest BCUT2D eigenvalue weighted by Gasteiger charge is -2.24. The number of guanidine groups is 1. The van der Waals surface area contributed by atoms with Crippen molar-refractivity contribution in [3.05, 3.63) is 0 Å². The molecule has 4 unspecified atom stereocenters. The Morgan fingerprint density at radius 2 is 1.40 bits per heavy atom. The molecule has 3 amide bonds. The van der Waals surface area contributed by atoms with Crippen LogP contribution in [0.2, 0.25) is 0 Å². The van der Waals surface area contributed by atoms with Gasteiger partial charge in [0, 0.05) is 12.3 Å². The van der Waals surface area contributed by atoms with E-state index in [-0.39, 0.29) is 31.1 Å². The van der Waals surface area contributed by atoms with Crippen LogP contribution < -0.4 is 38.9 Å². The number of aliphatic imine (C=N–C) groups is 1. The fraction of sp³-hybridized carbons (Fsp3) is 0.684. The molecule has 35 heavy (non-hydrogen) atoms. The van der Waals surface area contributed by atoms with Gasteiger partial charge in [0.25, 0.3) is 0 Å². The molecular formula is C19H36N8O7S. The fourth-order valence-electron chi connectivity index (χ4n) is 2.80. The number of carbonyl (C=O) groups excluding carboxylic acids is 3. The monoisotopic (exact) mass is 520 g/mol. The third-order valence-electron chi connectivity index (χ3n) is 4.69. The summed E-state index contributed by atoms with van der Waals surface area (Å²) in [6, 6.07) is -5.01. The molecule has 0 bridgehead atoms. The van der Waals surface area contributed by atoms with E-state index in [0.717, 1.165) is 0 Å². The predicted molar refractivity (Wildman–Crippen MR) is 130 cm³/mol. The minimum Gasteiger partial charge on any atom is -0.481 e. The molecule has 0 aromatic rings. The second-order valence-corrected chi connectivity index (χ2v) is 8.01. The van der Waals surface area contributed by atoms with E-state index in [2.05, 4.69) is 33.6 Å². The Labute approximate surface area is 208 Å². The van der Waals surface area contributed by atoms with Gasteiger partial charge in [0.2, 0.25) is 17.7 Å². The summed E-state index contributed by atoms with van der Waals surface area (Å²) in [5, 5.41) is 25.0. The number of nitrogens with zero attached hydrogens (tertiary/aromatic N) is 1. The molecule has 4 atom stereocenters. The topological polar surface area (TPSA) is 278 Å². The zero-order valence-electron chi connectivity index (χ0n) is 19.3. The molecule has 16 heteroatoms. The molecule has 200 valence electrons. The van der Waals surface area contributed by atoms with Gasteiger partial charge in [-0.3, -0.25) is 24.2 Å². The van der Waals surface area contributed by atoms with Crippen LogP contribution in [0.1, 0.15) is 38.5 Å². The molecule has 0 fully saturated rings. The maximum Gasteiger partial charge on any atom is 0.326 e. The molecule has 0 spiro atoms. The highest BCUT2D eigenvalue weighted by atomic mass is 32.1. The maximum absolute atomic E-state index is 12.8. The third kappa shape index (κ3) is 14.0. The zero-order valence-corrected chi connectivity index (χ0v) is 20.2. The van der Waals surface area contributed by atoms with E-state index in [1.807, 2.05) is 0 Å². The van der Waals surface area contributed by atoms with Gasteiger partial charge in [0.1, 0.15) is 18.1 Å². The zero-order chi connectivity index (χ0) is 27.0. The summed E-state index contributed by atoms with van der Waals surface area (Å²) in [6.07, 6.45) is 1.01. The summed E-state index contributed by atoms with van der Waals surface area (Å²) in [4.78, 5) is 63.7. The number of carbonyl (C=O) groups is 5. The molecule has 0 aromatic carbocycles. The van der Waals surface area contributed by atoms with Gasteiger partial charge in [-0.25, -0.2) is 4.79 Å². The third-order valence-corrected chi connectivity index (χ3v) is 5.06. The Bertz CT molecular complexity index is 763. The SMILES string of the molecule is NCCCCC(N)C(=O)NC(CS)C(=O)NC(CCCN=C(N)N)C(=O)NC(CC(=O)O)C(=O)O. The number of nitrogens with one attached hydrogen (secondary N) is 3. The smallest absolute Gasteiger partial charge is 0.326 e. The van der Waals surface area contributed by atoms with E-state index in [9.17, 15) is 29.1 Å². The summed E-state index contributed by atoms with van der Waals surface area (Å²) in [5.41, 5.74) is 21.8. The van der Waals surface area contributed by atoms with Gasteiger partial charge in [-0.15, -0.1) is 0 Å². The van der Waals surface area contributed by atoms with Crippen molar-refractivity contribution in [1.29, 1.82) is 0 Å². The van der Waals surface area contributed by atoms with Crippen molar-refractivity contribution >= 4 is 48.2 Å². The second-order valence-electron chi connectivity index (χ2n) is 7.64. The van der Waals surface area contributed by atoms with Crippen molar-refractivity contribution in [3.8, 4) is 0 Å². The lowest BCUT2D eigenvalue weighted by molar-refractivity contribution is -0.147. The van der Waals surface area contributed by atoms with E-state index < -0.39 is 60.2 Å². The highest BCUT2D eigenvalue weighted by molar-refractivity contribution is 7.80. The first-order valence-electron chi connectivity index (χ1n) is 10.9. The second kappa shape index (κ2) is 17.3. The van der Waals surface area contributed by atoms with Crippen LogP contribution >= 0.6 is 12.6 Å². The molecular weight excluding hydrogens is 484 g/mol. The number of hydrogen-bond donors (Lipinski definition) is 10. The van der Waals surface area contributed by atoms with Crippen LogP contribution in [0.4, 0.5) is 0 Å². The van der Waals surface area contributed by atoms with Crippen molar-refractivity contribution in [2.45, 2.75) is 62.7 Å². The maximum atomic E-state index is 12.8. The number of nitrogens with two attached hydrogens (primary N) is 4. The van der Waals surface area contributed by atoms with E-state index in [1.165, 1.54) is 0 Å². The van der Waals surface area contributed by atoms with Crippen molar-refractivity contribution in [2.24, 2.45) is 27.9 Å². The molecule has 0 heterocycles. The molecule has 0 saturated heterocycles. The summed E-state index contributed by atoms with van der Waals surface area (Å²) >= 11 is 4.06. The largest absolute Gasteiger partial charge is 0.481 e. The minimum atomic E-state index is -1.72. The van der Waals surface area contributed by atoms with Crippen molar-refractivity contribution in [3.63, 3.8) is 0 Å². The number of thiol groups is 1. The van der Waals surface area contributed by atoms with Gasteiger partial charge in [0.15, 0.2) is 5.96 Å². The van der Waals surface area contributed by atoms with Crippen molar-refractivity contribution < 1.29 is 34.2 Å². The average Bonchev–Trinajstić information content (AvgIpc) is 2.77. The van der Waals surface area contributed by atoms with E-state index in [4.69, 9.17) is 28.0 Å². The Morgan fingerprint density at radius 3 is 1.91 bits per heavy atom. The summed E-state index contributed by atoms with van der Waals surface area (Å²) in [6.45, 7) is 0.571. The quantitative estimate of drug-likeness (QED) is 0.0365. The number of unbranched alkanes of at least 4 members (excludes halogenated alkanes) is 1. The summed E-state index contributed by atoms with van der Waals surface area (Å²) in [7, 11) is 0. The number of aliphatic carboxylic acids is 2. The normalized spacial score (nSPS) is 14.0. The van der Waals surface area contributed by atoms with Crippen LogP contribution in [0.25, 0.3) is 0 Å². The number of amides is 3. The van der Waals surface area contributed by atoms with Gasteiger partial charge in [-0.2, -0.15) is 12.6 Å². The Morgan fingerprint density at radius 1 is 0.829 bits per heavy atom. The first kappa shape index (κ1) is 31.9. The molecule has 15 nitrogen and oxygen atoms in total. The van der Waals surface area contributed by atoms with Gasteiger partial charge in [0.05, 0.1) is 12.5 Å². The van der Waals surface area contributed by atoms with E-state index in [0.29, 0.717) is 25.8 Å². The highest BCUT2D eigenvalue weighted by Gasteiger charge is 2.30. The molecule has 0 aliphatic heterocycles. The molecule has 0 aliphatic rings. The summed E-state index contributed by atoms with van der Waals surface area (Å²) in [5.74, 6) is -5.58. The van der Waals surface area contributed by atoms with Crippen molar-refractivity contribution in [1.82, 2.24) is 16.0 Å². The van der Waals surface area contributed by atoms with Crippen LogP contribution in [0.3, 0.4) is 0 Å². The van der Waals surface area contributed by atoms with E-state index >= 15 is 0 Å². The first-order valence-corrected chi connectivity index (χ1v) is 11.5. The lowest BCUT2D eigenvalue weighted by Crippen LogP contribution is -2.57. The van der Waals surface area contributed by atoms with Gasteiger partial charge in [-0.1, -0.05) is 6.42 Å². The Kier molecular flexibility index (Phi) is 15.8. The molecule has 0 radical (unpaired) electrons. The van der Waals surface area contributed by atoms with Crippen LogP contribution in [-0.4, -0.2) is 88.8 Å². The van der Waals surface area contributed by atoms with Crippen LogP contribution in [-0.2, 0) is 24.0 Å². The number of rotatable bonds is 18. The van der Waals surface area contributed by atoms with Crippen molar-refractivity contribution in [2.75, 3.05) is 18.8 Å². The highest BCUT2D eigenvalue weighted by Crippen LogP contribution is 2.04. The van der Waals surface area contributed by atoms with E-state index in [1.54, 1.807) is 0 Å². The standard InChI is InChI=1S/C19H36N8O7S/c20-6-2-1-4-10(21)15(30)27-13(9-35)17(32)25-11(5-3-7-24-19(22)23)16(31)26-12(18(33)34)8-14(28)29/h10-13,35H,1-9,20-21H2,(H,25,32)(H,26,31)(H,27,30)(H,28,29)(H,33,34)(H4,22,23,24). The number of carboxylic acids is 2. The number of carboxylic acid groups (broad SMARTS) is 2. The Hall–Kier alpha value is -3.11. The molecule has 0 aliphatic carbocycles. The van der Waals surface area contributed by atoms with Crippen LogP contribution in [0.5, 0.6) is 0 Å². The lowest BCUT2D eigenvalue weighted by atomic mass is 10.1. The van der Waals surface area contributed by atoms with Gasteiger partial charge in [-0.05, 0) is 32.2 Å². The molecule has 0 saturated carbocycles. The number of hydrogen-bond acceptors (Lipinski definition) is 9. The summed E-state index contributed by atoms with van der Waals surface area (Å²) < 4.78 is 0. The van der Waals surface area contributed by atoms with Gasteiger partial charge < -0.3 is 49.1 Å². The molecule has 0 aromatic heterocycles. The molecule has 13 N–H and O–H groups in total. The Balaban J connectivity index is 5.35. The van der Waals surface area contributed by atoms with Crippen LogP contribution in [0.15, 0.2) is 4.99 Å². The molecule has 0 rings (SSSR count). The minimum absolute atomic E-state index is 0.0143.